The summed E-state index contributed by atoms with van der Waals surface area (Å²) in [6, 6.07) is 7.63. The standard InChI is InChI=1S/C17H27N3O2/c1-5-13(3)19-16(21)11-12-18-17(22)14-7-9-15(10-8-14)20(4)6-2/h7-10,13H,5-6,11-12H2,1-4H3,(H,18,22)(H,19,21). The first kappa shape index (κ1) is 18.0. The molecule has 0 saturated heterocycles. The highest BCUT2D eigenvalue weighted by Gasteiger charge is 2.08. The van der Waals surface area contributed by atoms with E-state index in [1.54, 1.807) is 12.1 Å². The predicted octanol–water partition coefficient (Wildman–Crippen LogP) is 2.18. The number of benzene rings is 1. The van der Waals surface area contributed by atoms with E-state index in [-0.39, 0.29) is 17.9 Å². The van der Waals surface area contributed by atoms with Crippen molar-refractivity contribution in [3.8, 4) is 0 Å². The van der Waals surface area contributed by atoms with E-state index in [1.165, 1.54) is 0 Å². The van der Waals surface area contributed by atoms with Gasteiger partial charge in [0.05, 0.1) is 0 Å². The van der Waals surface area contributed by atoms with Crippen LogP contribution in [0.1, 0.15) is 44.0 Å². The Hall–Kier alpha value is -2.04. The van der Waals surface area contributed by atoms with Gasteiger partial charge in [-0.3, -0.25) is 9.59 Å². The minimum Gasteiger partial charge on any atom is -0.375 e. The summed E-state index contributed by atoms with van der Waals surface area (Å²) < 4.78 is 0. The summed E-state index contributed by atoms with van der Waals surface area (Å²) in [6.07, 6.45) is 1.20. The Bertz CT molecular complexity index is 485. The second kappa shape index (κ2) is 9.07. The molecule has 0 saturated carbocycles. The van der Waals surface area contributed by atoms with Crippen LogP contribution in [0.15, 0.2) is 24.3 Å². The molecule has 1 aromatic carbocycles. The topological polar surface area (TPSA) is 61.4 Å². The third-order valence-electron chi connectivity index (χ3n) is 3.70. The lowest BCUT2D eigenvalue weighted by atomic mass is 10.2. The molecule has 0 bridgehead atoms. The van der Waals surface area contributed by atoms with Gasteiger partial charge in [0.15, 0.2) is 0 Å². The van der Waals surface area contributed by atoms with Crippen molar-refractivity contribution in [3.63, 3.8) is 0 Å². The largest absolute Gasteiger partial charge is 0.375 e. The normalized spacial score (nSPS) is 11.6. The van der Waals surface area contributed by atoms with Gasteiger partial charge < -0.3 is 15.5 Å². The summed E-state index contributed by atoms with van der Waals surface area (Å²) >= 11 is 0. The summed E-state index contributed by atoms with van der Waals surface area (Å²) in [5.74, 6) is -0.184. The Kier molecular flexibility index (Phi) is 7.43. The van der Waals surface area contributed by atoms with Crippen LogP contribution in [0.2, 0.25) is 0 Å². The fraction of sp³-hybridized carbons (Fsp3) is 0.529. The number of hydrogen-bond donors (Lipinski definition) is 2. The fourth-order valence-electron chi connectivity index (χ4n) is 1.89. The third-order valence-corrected chi connectivity index (χ3v) is 3.70. The molecule has 0 aliphatic carbocycles. The molecule has 5 heteroatoms. The Labute approximate surface area is 133 Å². The van der Waals surface area contributed by atoms with Crippen molar-refractivity contribution in [1.29, 1.82) is 0 Å². The van der Waals surface area contributed by atoms with Gasteiger partial charge in [0.1, 0.15) is 0 Å². The van der Waals surface area contributed by atoms with Crippen LogP contribution in [-0.4, -0.2) is 38.0 Å². The molecule has 1 aromatic rings. The Morgan fingerprint density at radius 2 is 1.82 bits per heavy atom. The molecule has 1 rings (SSSR count). The number of anilines is 1. The van der Waals surface area contributed by atoms with Gasteiger partial charge in [-0.1, -0.05) is 6.92 Å². The van der Waals surface area contributed by atoms with E-state index in [2.05, 4.69) is 22.5 Å². The number of carbonyl (C=O) groups excluding carboxylic acids is 2. The first-order chi connectivity index (χ1) is 10.5. The molecular formula is C17H27N3O2. The molecule has 2 amide bonds. The van der Waals surface area contributed by atoms with E-state index in [9.17, 15) is 9.59 Å². The second-order valence-corrected chi connectivity index (χ2v) is 5.44. The van der Waals surface area contributed by atoms with Crippen LogP contribution in [-0.2, 0) is 4.79 Å². The molecule has 1 atom stereocenters. The van der Waals surface area contributed by atoms with Gasteiger partial charge >= 0.3 is 0 Å². The Morgan fingerprint density at radius 3 is 2.36 bits per heavy atom. The van der Waals surface area contributed by atoms with E-state index in [0.717, 1.165) is 18.7 Å². The maximum Gasteiger partial charge on any atom is 0.251 e. The van der Waals surface area contributed by atoms with Crippen molar-refractivity contribution >= 4 is 17.5 Å². The lowest BCUT2D eigenvalue weighted by Crippen LogP contribution is -2.35. The highest BCUT2D eigenvalue weighted by atomic mass is 16.2. The summed E-state index contributed by atoms with van der Waals surface area (Å²) in [4.78, 5) is 25.7. The van der Waals surface area contributed by atoms with Gasteiger partial charge in [0.25, 0.3) is 5.91 Å². The van der Waals surface area contributed by atoms with Crippen LogP contribution in [0.3, 0.4) is 0 Å². The van der Waals surface area contributed by atoms with Gasteiger partial charge in [-0.15, -0.1) is 0 Å². The number of amides is 2. The molecule has 1 unspecified atom stereocenters. The molecule has 0 fully saturated rings. The van der Waals surface area contributed by atoms with E-state index in [4.69, 9.17) is 0 Å². The Morgan fingerprint density at radius 1 is 1.18 bits per heavy atom. The van der Waals surface area contributed by atoms with Crippen LogP contribution < -0.4 is 15.5 Å². The van der Waals surface area contributed by atoms with E-state index in [1.807, 2.05) is 33.0 Å². The maximum atomic E-state index is 12.0. The number of nitrogens with one attached hydrogen (secondary N) is 2. The van der Waals surface area contributed by atoms with E-state index >= 15 is 0 Å². The van der Waals surface area contributed by atoms with Crippen LogP contribution in [0.4, 0.5) is 5.69 Å². The quantitative estimate of drug-likeness (QED) is 0.774. The molecule has 0 aliphatic heterocycles. The third kappa shape index (κ3) is 5.76. The molecule has 122 valence electrons. The van der Waals surface area contributed by atoms with E-state index in [0.29, 0.717) is 18.5 Å². The molecule has 2 N–H and O–H groups in total. The molecule has 0 heterocycles. The summed E-state index contributed by atoms with van der Waals surface area (Å²) in [6.45, 7) is 7.32. The molecule has 5 nitrogen and oxygen atoms in total. The van der Waals surface area contributed by atoms with Crippen LogP contribution in [0, 0.1) is 0 Å². The molecule has 0 spiro atoms. The maximum absolute atomic E-state index is 12.0. The van der Waals surface area contributed by atoms with Crippen LogP contribution in [0.25, 0.3) is 0 Å². The molecule has 0 radical (unpaired) electrons. The van der Waals surface area contributed by atoms with Crippen molar-refractivity contribution in [1.82, 2.24) is 10.6 Å². The first-order valence-corrected chi connectivity index (χ1v) is 7.86. The smallest absolute Gasteiger partial charge is 0.251 e. The number of hydrogen-bond acceptors (Lipinski definition) is 3. The van der Waals surface area contributed by atoms with Gasteiger partial charge in [0, 0.05) is 43.9 Å². The van der Waals surface area contributed by atoms with Gasteiger partial charge in [0.2, 0.25) is 5.91 Å². The second-order valence-electron chi connectivity index (χ2n) is 5.44. The zero-order valence-corrected chi connectivity index (χ0v) is 14.0. The zero-order chi connectivity index (χ0) is 16.5. The summed E-state index contributed by atoms with van der Waals surface area (Å²) in [5.41, 5.74) is 1.68. The first-order valence-electron chi connectivity index (χ1n) is 7.86. The monoisotopic (exact) mass is 305 g/mol. The van der Waals surface area contributed by atoms with Crippen molar-refractivity contribution in [3.05, 3.63) is 29.8 Å². The minimum atomic E-state index is -0.151. The highest BCUT2D eigenvalue weighted by molar-refractivity contribution is 5.94. The van der Waals surface area contributed by atoms with Gasteiger partial charge in [-0.2, -0.15) is 0 Å². The zero-order valence-electron chi connectivity index (χ0n) is 14.0. The van der Waals surface area contributed by atoms with Crippen molar-refractivity contribution < 1.29 is 9.59 Å². The SMILES string of the molecule is CCC(C)NC(=O)CCNC(=O)c1ccc(N(C)CC)cc1. The highest BCUT2D eigenvalue weighted by Crippen LogP contribution is 2.13. The number of nitrogens with zero attached hydrogens (tertiary/aromatic N) is 1. The van der Waals surface area contributed by atoms with Crippen molar-refractivity contribution in [2.75, 3.05) is 25.0 Å². The molecule has 0 aliphatic rings. The van der Waals surface area contributed by atoms with Gasteiger partial charge in [-0.05, 0) is 44.5 Å². The number of carbonyl (C=O) groups is 2. The average molecular weight is 305 g/mol. The lowest BCUT2D eigenvalue weighted by Gasteiger charge is -2.16. The lowest BCUT2D eigenvalue weighted by molar-refractivity contribution is -0.121. The molecular weight excluding hydrogens is 278 g/mol. The minimum absolute atomic E-state index is 0.0328. The van der Waals surface area contributed by atoms with E-state index < -0.39 is 0 Å². The van der Waals surface area contributed by atoms with Crippen LogP contribution >= 0.6 is 0 Å². The molecule has 22 heavy (non-hydrogen) atoms. The average Bonchev–Trinajstić information content (AvgIpc) is 2.53. The molecule has 0 aromatic heterocycles. The predicted molar refractivity (Wildman–Crippen MR) is 90.2 cm³/mol. The van der Waals surface area contributed by atoms with Crippen molar-refractivity contribution in [2.24, 2.45) is 0 Å². The fourth-order valence-corrected chi connectivity index (χ4v) is 1.89. The number of rotatable bonds is 8. The summed E-state index contributed by atoms with van der Waals surface area (Å²) in [5, 5.41) is 5.64. The van der Waals surface area contributed by atoms with Crippen LogP contribution in [0.5, 0.6) is 0 Å². The van der Waals surface area contributed by atoms with Gasteiger partial charge in [-0.25, -0.2) is 0 Å². The van der Waals surface area contributed by atoms with Crippen molar-refractivity contribution in [2.45, 2.75) is 39.7 Å². The summed E-state index contributed by atoms with van der Waals surface area (Å²) in [7, 11) is 2.00. The Balaban J connectivity index is 2.41.